The lowest BCUT2D eigenvalue weighted by Crippen LogP contribution is -2.31. The van der Waals surface area contributed by atoms with Crippen LogP contribution in [0.1, 0.15) is 12.5 Å². The minimum absolute atomic E-state index is 0.00468. The lowest BCUT2D eigenvalue weighted by molar-refractivity contribution is -0.115. The van der Waals surface area contributed by atoms with Gasteiger partial charge in [0.25, 0.3) is 5.91 Å². The van der Waals surface area contributed by atoms with Gasteiger partial charge in [-0.25, -0.2) is 4.72 Å². The number of nitrogens with one attached hydrogen (secondary N) is 1. The lowest BCUT2D eigenvalue weighted by atomic mass is 10.1. The van der Waals surface area contributed by atoms with Gasteiger partial charge >= 0.3 is 10.3 Å². The molecule has 0 aromatic heterocycles. The standard InChI is InChI=1S/C10H11BrN2O4S/c1-6(10(14)13-18(15,16)17)9(12)7-2-4-8(11)5-3-7/h2-5H,12H2,1H3,(H,13,14)(H,15,16,17). The third-order valence-corrected chi connectivity index (χ3v) is 3.09. The summed E-state index contributed by atoms with van der Waals surface area (Å²) < 4.78 is 31.8. The number of hydrogen-bond acceptors (Lipinski definition) is 4. The van der Waals surface area contributed by atoms with E-state index >= 15 is 0 Å². The summed E-state index contributed by atoms with van der Waals surface area (Å²) in [5.41, 5.74) is 6.43. The van der Waals surface area contributed by atoms with Crippen molar-refractivity contribution in [3.63, 3.8) is 0 Å². The molecule has 0 atom stereocenters. The lowest BCUT2D eigenvalue weighted by Gasteiger charge is -2.07. The minimum atomic E-state index is -4.59. The van der Waals surface area contributed by atoms with Crippen LogP contribution >= 0.6 is 15.9 Å². The molecule has 0 unspecified atom stereocenters. The molecule has 18 heavy (non-hydrogen) atoms. The average Bonchev–Trinajstić information content (AvgIpc) is 2.26. The first-order valence-corrected chi connectivity index (χ1v) is 6.96. The predicted molar refractivity (Wildman–Crippen MR) is 70.6 cm³/mol. The smallest absolute Gasteiger partial charge is 0.359 e. The summed E-state index contributed by atoms with van der Waals surface area (Å²) in [6.07, 6.45) is 0. The summed E-state index contributed by atoms with van der Waals surface area (Å²) in [7, 11) is -4.59. The summed E-state index contributed by atoms with van der Waals surface area (Å²) >= 11 is 3.25. The fraction of sp³-hybridized carbons (Fsp3) is 0.100. The van der Waals surface area contributed by atoms with Crippen LogP contribution in [0.2, 0.25) is 0 Å². The molecule has 1 rings (SSSR count). The molecule has 0 heterocycles. The Morgan fingerprint density at radius 2 is 1.83 bits per heavy atom. The molecule has 1 aromatic carbocycles. The molecule has 0 fully saturated rings. The van der Waals surface area contributed by atoms with Gasteiger partial charge in [0, 0.05) is 15.7 Å². The van der Waals surface area contributed by atoms with Crippen molar-refractivity contribution in [1.82, 2.24) is 4.72 Å². The van der Waals surface area contributed by atoms with Crippen molar-refractivity contribution in [3.05, 3.63) is 39.9 Å². The summed E-state index contributed by atoms with van der Waals surface area (Å²) in [5.74, 6) is -0.974. The molecular formula is C10H11BrN2O4S. The molecule has 0 spiro atoms. The van der Waals surface area contributed by atoms with Crippen LogP contribution in [0.25, 0.3) is 5.70 Å². The van der Waals surface area contributed by atoms with Gasteiger partial charge in [-0.15, -0.1) is 0 Å². The zero-order valence-corrected chi connectivity index (χ0v) is 11.7. The Morgan fingerprint density at radius 1 is 1.33 bits per heavy atom. The Hall–Kier alpha value is -1.38. The molecule has 0 saturated heterocycles. The van der Waals surface area contributed by atoms with E-state index in [4.69, 9.17) is 10.3 Å². The SMILES string of the molecule is CC(C(=O)NS(=O)(=O)O)=C(N)c1ccc(Br)cc1. The zero-order valence-electron chi connectivity index (χ0n) is 9.34. The van der Waals surface area contributed by atoms with Crippen LogP contribution in [-0.2, 0) is 15.1 Å². The topological polar surface area (TPSA) is 109 Å². The van der Waals surface area contributed by atoms with Gasteiger partial charge in [-0.3, -0.25) is 9.35 Å². The van der Waals surface area contributed by atoms with Crippen molar-refractivity contribution in [2.75, 3.05) is 0 Å². The van der Waals surface area contributed by atoms with E-state index in [0.717, 1.165) is 4.47 Å². The minimum Gasteiger partial charge on any atom is -0.398 e. The highest BCUT2D eigenvalue weighted by Gasteiger charge is 2.15. The Balaban J connectivity index is 3.05. The Bertz CT molecular complexity index is 593. The largest absolute Gasteiger partial charge is 0.398 e. The van der Waals surface area contributed by atoms with Gasteiger partial charge in [-0.2, -0.15) is 8.42 Å². The first-order chi connectivity index (χ1) is 8.20. The summed E-state index contributed by atoms with van der Waals surface area (Å²) in [6, 6.07) is 6.81. The zero-order chi connectivity index (χ0) is 13.9. The predicted octanol–water partition coefficient (Wildman–Crippen LogP) is 1.06. The number of nitrogens with two attached hydrogens (primary N) is 1. The maximum Gasteiger partial charge on any atom is 0.359 e. The van der Waals surface area contributed by atoms with Gasteiger partial charge in [-0.05, 0) is 24.6 Å². The quantitative estimate of drug-likeness (QED) is 0.565. The number of benzene rings is 1. The second kappa shape index (κ2) is 5.51. The van der Waals surface area contributed by atoms with Crippen molar-refractivity contribution in [3.8, 4) is 0 Å². The van der Waals surface area contributed by atoms with E-state index in [0.29, 0.717) is 5.56 Å². The van der Waals surface area contributed by atoms with E-state index in [1.165, 1.54) is 11.6 Å². The van der Waals surface area contributed by atoms with Crippen LogP contribution in [0, 0.1) is 0 Å². The second-order valence-corrected chi connectivity index (χ2v) is 5.52. The highest BCUT2D eigenvalue weighted by atomic mass is 79.9. The fourth-order valence-electron chi connectivity index (χ4n) is 1.16. The monoisotopic (exact) mass is 334 g/mol. The van der Waals surface area contributed by atoms with Crippen LogP contribution in [-0.4, -0.2) is 18.9 Å². The Morgan fingerprint density at radius 3 is 2.28 bits per heavy atom. The van der Waals surface area contributed by atoms with Crippen LogP contribution in [0.3, 0.4) is 0 Å². The molecule has 0 saturated carbocycles. The number of carbonyl (C=O) groups excluding carboxylic acids is 1. The van der Waals surface area contributed by atoms with E-state index < -0.39 is 16.2 Å². The van der Waals surface area contributed by atoms with E-state index in [9.17, 15) is 13.2 Å². The first-order valence-electron chi connectivity index (χ1n) is 4.72. The highest BCUT2D eigenvalue weighted by Crippen LogP contribution is 2.17. The van der Waals surface area contributed by atoms with Gasteiger partial charge in [-0.1, -0.05) is 28.1 Å². The van der Waals surface area contributed by atoms with E-state index in [2.05, 4.69) is 15.9 Å². The van der Waals surface area contributed by atoms with E-state index in [1.54, 1.807) is 24.3 Å². The molecule has 0 aliphatic heterocycles. The van der Waals surface area contributed by atoms with Crippen molar-refractivity contribution in [1.29, 1.82) is 0 Å². The third kappa shape index (κ3) is 4.13. The van der Waals surface area contributed by atoms with Gasteiger partial charge in [0.2, 0.25) is 0 Å². The summed E-state index contributed by atoms with van der Waals surface area (Å²) in [5, 5.41) is 0. The molecule has 98 valence electrons. The van der Waals surface area contributed by atoms with Gasteiger partial charge < -0.3 is 5.73 Å². The van der Waals surface area contributed by atoms with Crippen LogP contribution in [0.5, 0.6) is 0 Å². The third-order valence-electron chi connectivity index (χ3n) is 2.12. The molecule has 8 heteroatoms. The maximum atomic E-state index is 11.4. The van der Waals surface area contributed by atoms with E-state index in [1.807, 2.05) is 0 Å². The molecule has 0 aliphatic carbocycles. The van der Waals surface area contributed by atoms with Crippen molar-refractivity contribution >= 4 is 37.8 Å². The number of carbonyl (C=O) groups is 1. The molecule has 6 nitrogen and oxygen atoms in total. The van der Waals surface area contributed by atoms with Gasteiger partial charge in [0.05, 0.1) is 0 Å². The van der Waals surface area contributed by atoms with Crippen molar-refractivity contribution in [2.45, 2.75) is 6.92 Å². The molecule has 0 aliphatic rings. The molecule has 0 bridgehead atoms. The molecule has 4 N–H and O–H groups in total. The van der Waals surface area contributed by atoms with Gasteiger partial charge in [0.1, 0.15) is 0 Å². The summed E-state index contributed by atoms with van der Waals surface area (Å²) in [6.45, 7) is 1.36. The fourth-order valence-corrected chi connectivity index (χ4v) is 1.81. The Kier molecular flexibility index (Phi) is 4.49. The molecule has 0 radical (unpaired) electrons. The highest BCUT2D eigenvalue weighted by molar-refractivity contribution is 9.10. The number of amides is 1. The summed E-state index contributed by atoms with van der Waals surface area (Å²) in [4.78, 5) is 11.4. The molecule has 1 amide bonds. The maximum absolute atomic E-state index is 11.4. The van der Waals surface area contributed by atoms with Crippen LogP contribution in [0.4, 0.5) is 0 Å². The van der Waals surface area contributed by atoms with E-state index in [-0.39, 0.29) is 11.3 Å². The molecular weight excluding hydrogens is 324 g/mol. The number of rotatable bonds is 3. The van der Waals surface area contributed by atoms with Crippen molar-refractivity contribution in [2.24, 2.45) is 5.73 Å². The first kappa shape index (κ1) is 14.7. The van der Waals surface area contributed by atoms with Crippen LogP contribution in [0.15, 0.2) is 34.3 Å². The van der Waals surface area contributed by atoms with Crippen LogP contribution < -0.4 is 10.5 Å². The normalized spacial score (nSPS) is 12.8. The second-order valence-electron chi connectivity index (χ2n) is 3.45. The van der Waals surface area contributed by atoms with Crippen molar-refractivity contribution < 1.29 is 17.8 Å². The number of halogens is 1. The Labute approximate surface area is 113 Å². The molecule has 1 aromatic rings. The number of hydrogen-bond donors (Lipinski definition) is 3. The average molecular weight is 335 g/mol. The van der Waals surface area contributed by atoms with Gasteiger partial charge in [0.15, 0.2) is 0 Å².